The Labute approximate surface area is 258 Å². The van der Waals surface area contributed by atoms with Crippen LogP contribution in [0, 0.1) is 11.5 Å². The molecule has 0 nitrogen and oxygen atoms in total. The first-order valence-electron chi connectivity index (χ1n) is 14.9. The third-order valence-electron chi connectivity index (χ3n) is 10.2. The molecule has 0 bridgehead atoms. The summed E-state index contributed by atoms with van der Waals surface area (Å²) in [4.78, 5) is 0. The summed E-state index contributed by atoms with van der Waals surface area (Å²) in [5.74, 6) is 0. The van der Waals surface area contributed by atoms with Crippen LogP contribution in [0.3, 0.4) is 0 Å². The summed E-state index contributed by atoms with van der Waals surface area (Å²) < 4.78 is 0. The molecule has 0 saturated carbocycles. The average molecular weight is 598 g/mol. The molecule has 3 aromatic rings. The second-order valence-corrected chi connectivity index (χ2v) is 16.1. The molecule has 0 amide bonds. The van der Waals surface area contributed by atoms with Gasteiger partial charge < -0.3 is 0 Å². The van der Waals surface area contributed by atoms with Crippen LogP contribution >= 0.6 is 0 Å². The standard InChI is InChI=1S/C29H37.C9H13.Zr/c1-26(2)9-11-28(5,6)24-16-20-18(14-22(24)26)13-19-15-23-25(17-21(19)20)29(7,8)12-10-27(23,3)4;1-9(2,3)8-6-4-5-7-8;/h13-17H,9-12H2,1-8H3;6-7H,4H2,1-3H3;/q2*-1;+2. The van der Waals surface area contributed by atoms with Gasteiger partial charge in [0.25, 0.3) is 0 Å². The molecule has 0 heterocycles. The number of hydrogen-bond donors (Lipinski definition) is 0. The first-order valence-corrected chi connectivity index (χ1v) is 14.9. The molecule has 3 aromatic carbocycles. The molecule has 3 aliphatic carbocycles. The van der Waals surface area contributed by atoms with Gasteiger partial charge in [-0.2, -0.15) is 11.6 Å². The Morgan fingerprint density at radius 1 is 0.615 bits per heavy atom. The van der Waals surface area contributed by atoms with Crippen LogP contribution in [0.1, 0.15) is 131 Å². The fourth-order valence-electron chi connectivity index (χ4n) is 7.05. The molecule has 0 aliphatic heterocycles. The summed E-state index contributed by atoms with van der Waals surface area (Å²) in [6, 6.07) is 12.6. The molecule has 0 N–H and O–H groups in total. The summed E-state index contributed by atoms with van der Waals surface area (Å²) >= 11 is 0. The molecule has 0 aromatic heterocycles. The van der Waals surface area contributed by atoms with Crippen molar-refractivity contribution in [1.29, 1.82) is 0 Å². The molecule has 0 fully saturated rings. The van der Waals surface area contributed by atoms with E-state index in [4.69, 9.17) is 0 Å². The van der Waals surface area contributed by atoms with Crippen LogP contribution in [0.15, 0.2) is 48.1 Å². The van der Waals surface area contributed by atoms with E-state index in [1.165, 1.54) is 52.8 Å². The summed E-state index contributed by atoms with van der Waals surface area (Å²) in [5.41, 5.74) is 9.10. The van der Waals surface area contributed by atoms with Crippen LogP contribution in [0.5, 0.6) is 0 Å². The van der Waals surface area contributed by atoms with E-state index in [1.54, 1.807) is 22.3 Å². The van der Waals surface area contributed by atoms with Crippen LogP contribution in [0.2, 0.25) is 0 Å². The van der Waals surface area contributed by atoms with E-state index in [-0.39, 0.29) is 47.9 Å². The average Bonchev–Trinajstić information content (AvgIpc) is 3.47. The Morgan fingerprint density at radius 3 is 1.26 bits per heavy atom. The van der Waals surface area contributed by atoms with Crippen LogP contribution in [0.25, 0.3) is 21.5 Å². The Balaban J connectivity index is 0.000000302. The van der Waals surface area contributed by atoms with Gasteiger partial charge in [0.2, 0.25) is 0 Å². The monoisotopic (exact) mass is 596 g/mol. The summed E-state index contributed by atoms with van der Waals surface area (Å²) in [5, 5.41) is 5.79. The first kappa shape index (κ1) is 30.6. The van der Waals surface area contributed by atoms with Gasteiger partial charge >= 0.3 is 26.2 Å². The molecule has 6 rings (SSSR count). The van der Waals surface area contributed by atoms with Crippen LogP contribution in [0.4, 0.5) is 0 Å². The zero-order valence-corrected chi connectivity index (χ0v) is 29.0. The van der Waals surface area contributed by atoms with E-state index < -0.39 is 0 Å². The van der Waals surface area contributed by atoms with E-state index in [1.807, 2.05) is 0 Å². The molecule has 1 heteroatoms. The van der Waals surface area contributed by atoms with E-state index in [0.717, 1.165) is 6.42 Å². The molecule has 206 valence electrons. The summed E-state index contributed by atoms with van der Waals surface area (Å²) in [6.45, 7) is 26.1. The van der Waals surface area contributed by atoms with Crippen LogP contribution < -0.4 is 0 Å². The predicted molar refractivity (Wildman–Crippen MR) is 168 cm³/mol. The Morgan fingerprint density at radius 2 is 0.974 bits per heavy atom. The number of hydrogen-bond acceptors (Lipinski definition) is 0. The minimum absolute atomic E-state index is 0. The van der Waals surface area contributed by atoms with Gasteiger partial charge in [0.1, 0.15) is 0 Å². The zero-order chi connectivity index (χ0) is 27.9. The molecule has 0 spiro atoms. The Bertz CT molecular complexity index is 1370. The van der Waals surface area contributed by atoms with Gasteiger partial charge in [0, 0.05) is 0 Å². The van der Waals surface area contributed by atoms with Crippen molar-refractivity contribution >= 4 is 21.5 Å². The van der Waals surface area contributed by atoms with Crippen molar-refractivity contribution < 1.29 is 26.2 Å². The van der Waals surface area contributed by atoms with Crippen molar-refractivity contribution in [2.75, 3.05) is 0 Å². The third-order valence-corrected chi connectivity index (χ3v) is 10.2. The van der Waals surface area contributed by atoms with Gasteiger partial charge in [0.15, 0.2) is 0 Å². The maximum absolute atomic E-state index is 3.16. The SMILES string of the molecule is CC(C)(C)C1=CC[C-]=C1.CC1(C)CCC(C)(C)c2cc3c(cc21)[cH-]c1cc2c(cc13)C(C)(C)CCC2(C)C.[Zr+2]. The molecule has 0 unspecified atom stereocenters. The molecule has 3 aliphatic rings. The van der Waals surface area contributed by atoms with Crippen molar-refractivity contribution in [2.24, 2.45) is 5.41 Å². The van der Waals surface area contributed by atoms with Crippen molar-refractivity contribution in [2.45, 2.75) is 130 Å². The van der Waals surface area contributed by atoms with Gasteiger partial charge in [-0.25, -0.2) is 6.08 Å². The van der Waals surface area contributed by atoms with Crippen molar-refractivity contribution in [1.82, 2.24) is 0 Å². The first-order chi connectivity index (χ1) is 17.4. The Hall–Kier alpha value is -1.33. The smallest absolute Gasteiger partial charge is 0.273 e. The fourth-order valence-corrected chi connectivity index (χ4v) is 7.05. The molecule has 0 atom stereocenters. The second-order valence-electron chi connectivity index (χ2n) is 16.1. The maximum atomic E-state index is 3.16. The Kier molecular flexibility index (Phi) is 7.77. The number of allylic oxidation sites excluding steroid dienone is 4. The summed E-state index contributed by atoms with van der Waals surface area (Å²) in [6.07, 6.45) is 13.6. The van der Waals surface area contributed by atoms with Gasteiger partial charge in [-0.05, 0) is 47.3 Å². The quantitative estimate of drug-likeness (QED) is 0.226. The van der Waals surface area contributed by atoms with E-state index in [0.29, 0.717) is 5.41 Å². The number of benzene rings is 2. The van der Waals surface area contributed by atoms with E-state index in [9.17, 15) is 0 Å². The van der Waals surface area contributed by atoms with Gasteiger partial charge in [-0.3, -0.25) is 6.08 Å². The van der Waals surface area contributed by atoms with E-state index in [2.05, 4.69) is 125 Å². The van der Waals surface area contributed by atoms with Gasteiger partial charge in [-0.1, -0.05) is 116 Å². The molecular weight excluding hydrogens is 548 g/mol. The molecular formula is C38H50Zr. The predicted octanol–water partition coefficient (Wildman–Crippen LogP) is 11.1. The van der Waals surface area contributed by atoms with Gasteiger partial charge in [-0.15, -0.1) is 46.2 Å². The van der Waals surface area contributed by atoms with Gasteiger partial charge in [0.05, 0.1) is 0 Å². The van der Waals surface area contributed by atoms with Crippen molar-refractivity contribution in [3.63, 3.8) is 0 Å². The van der Waals surface area contributed by atoms with Crippen molar-refractivity contribution in [3.05, 3.63) is 76.4 Å². The number of rotatable bonds is 0. The summed E-state index contributed by atoms with van der Waals surface area (Å²) in [7, 11) is 0. The normalized spacial score (nSPS) is 21.9. The minimum Gasteiger partial charge on any atom is -0.273 e. The molecule has 0 saturated heterocycles. The van der Waals surface area contributed by atoms with Crippen LogP contribution in [-0.2, 0) is 47.9 Å². The fraction of sp³-hybridized carbons (Fsp3) is 0.553. The third kappa shape index (κ3) is 5.48. The minimum atomic E-state index is 0. The second kappa shape index (κ2) is 9.90. The number of fused-ring (bicyclic) bond motifs is 5. The molecule has 39 heavy (non-hydrogen) atoms. The molecule has 0 radical (unpaired) electrons. The zero-order valence-electron chi connectivity index (χ0n) is 26.6. The topological polar surface area (TPSA) is 0 Å². The van der Waals surface area contributed by atoms with Crippen molar-refractivity contribution in [3.8, 4) is 0 Å². The van der Waals surface area contributed by atoms with Crippen LogP contribution in [-0.4, -0.2) is 0 Å². The maximum Gasteiger partial charge on any atom is 2.00 e. The van der Waals surface area contributed by atoms with E-state index >= 15 is 0 Å². The largest absolute Gasteiger partial charge is 2.00 e.